The summed E-state index contributed by atoms with van der Waals surface area (Å²) in [4.78, 5) is 4.30. The molecular weight excluding hydrogens is 236 g/mol. The Kier molecular flexibility index (Phi) is 5.38. The summed E-state index contributed by atoms with van der Waals surface area (Å²) in [7, 11) is 1.70. The number of rotatable bonds is 7. The average Bonchev–Trinajstić information content (AvgIpc) is 2.48. The van der Waals surface area contributed by atoms with E-state index in [-0.39, 0.29) is 0 Å². The molecule has 0 fully saturated rings. The topological polar surface area (TPSA) is 34.1 Å². The Morgan fingerprint density at radius 3 is 2.74 bits per heavy atom. The molecular formula is C16H20N2O. The Morgan fingerprint density at radius 1 is 1.05 bits per heavy atom. The van der Waals surface area contributed by atoms with Crippen LogP contribution < -0.4 is 10.1 Å². The molecule has 0 aliphatic heterocycles. The number of ether oxygens (including phenoxy) is 1. The van der Waals surface area contributed by atoms with Gasteiger partial charge in [0.1, 0.15) is 5.75 Å². The van der Waals surface area contributed by atoms with Crippen molar-refractivity contribution in [1.29, 1.82) is 0 Å². The number of aromatic nitrogens is 1. The number of benzene rings is 1. The predicted molar refractivity (Wildman–Crippen MR) is 77.5 cm³/mol. The first kappa shape index (κ1) is 13.6. The molecule has 0 aliphatic rings. The van der Waals surface area contributed by atoms with E-state index < -0.39 is 0 Å². The van der Waals surface area contributed by atoms with Gasteiger partial charge in [-0.3, -0.25) is 4.98 Å². The Hall–Kier alpha value is -1.87. The van der Waals surface area contributed by atoms with Crippen molar-refractivity contribution < 1.29 is 4.74 Å². The lowest BCUT2D eigenvalue weighted by molar-refractivity contribution is 0.414. The van der Waals surface area contributed by atoms with Crippen LogP contribution in [0, 0.1) is 0 Å². The van der Waals surface area contributed by atoms with E-state index in [2.05, 4.69) is 28.5 Å². The minimum atomic E-state index is 0.922. The Morgan fingerprint density at radius 2 is 1.95 bits per heavy atom. The normalized spacial score (nSPS) is 10.4. The fourth-order valence-corrected chi connectivity index (χ4v) is 1.95. The van der Waals surface area contributed by atoms with Crippen LogP contribution in [0.2, 0.25) is 0 Å². The van der Waals surface area contributed by atoms with Crippen LogP contribution in [-0.4, -0.2) is 25.2 Å². The van der Waals surface area contributed by atoms with Crippen LogP contribution in [0.15, 0.2) is 48.7 Å². The van der Waals surface area contributed by atoms with E-state index in [9.17, 15) is 0 Å². The molecule has 2 rings (SSSR count). The van der Waals surface area contributed by atoms with Crippen molar-refractivity contribution in [2.24, 2.45) is 0 Å². The summed E-state index contributed by atoms with van der Waals surface area (Å²) >= 11 is 0. The van der Waals surface area contributed by atoms with Crippen LogP contribution in [-0.2, 0) is 12.8 Å². The van der Waals surface area contributed by atoms with E-state index in [0.717, 1.165) is 37.4 Å². The molecule has 0 atom stereocenters. The van der Waals surface area contributed by atoms with Gasteiger partial charge in [-0.1, -0.05) is 18.2 Å². The van der Waals surface area contributed by atoms with E-state index in [1.54, 1.807) is 7.11 Å². The fourth-order valence-electron chi connectivity index (χ4n) is 1.95. The zero-order chi connectivity index (χ0) is 13.3. The van der Waals surface area contributed by atoms with Crippen molar-refractivity contribution in [3.05, 3.63) is 59.9 Å². The number of hydrogen-bond donors (Lipinski definition) is 1. The highest BCUT2D eigenvalue weighted by molar-refractivity contribution is 5.28. The minimum absolute atomic E-state index is 0.922. The van der Waals surface area contributed by atoms with Crippen molar-refractivity contribution in [2.75, 3.05) is 20.2 Å². The van der Waals surface area contributed by atoms with Crippen LogP contribution in [0.25, 0.3) is 0 Å². The maximum absolute atomic E-state index is 5.21. The molecule has 3 nitrogen and oxygen atoms in total. The SMILES string of the molecule is COc1cccc(CCNCCc2ccccn2)c1. The van der Waals surface area contributed by atoms with E-state index >= 15 is 0 Å². The maximum atomic E-state index is 5.21. The van der Waals surface area contributed by atoms with E-state index in [0.29, 0.717) is 0 Å². The summed E-state index contributed by atoms with van der Waals surface area (Å²) in [6.07, 6.45) is 3.82. The van der Waals surface area contributed by atoms with Crippen LogP contribution in [0.5, 0.6) is 5.75 Å². The Balaban J connectivity index is 1.66. The summed E-state index contributed by atoms with van der Waals surface area (Å²) in [5.41, 5.74) is 2.43. The van der Waals surface area contributed by atoms with Crippen molar-refractivity contribution >= 4 is 0 Å². The molecule has 0 bridgehead atoms. The maximum Gasteiger partial charge on any atom is 0.119 e. The third kappa shape index (κ3) is 4.72. The highest BCUT2D eigenvalue weighted by Crippen LogP contribution is 2.12. The lowest BCUT2D eigenvalue weighted by Gasteiger charge is -2.06. The van der Waals surface area contributed by atoms with E-state index in [4.69, 9.17) is 4.74 Å². The second kappa shape index (κ2) is 7.54. The van der Waals surface area contributed by atoms with Crippen molar-refractivity contribution in [2.45, 2.75) is 12.8 Å². The molecule has 0 aliphatic carbocycles. The zero-order valence-corrected chi connectivity index (χ0v) is 11.3. The molecule has 1 N–H and O–H groups in total. The molecule has 1 aromatic heterocycles. The number of nitrogens with one attached hydrogen (secondary N) is 1. The first-order valence-corrected chi connectivity index (χ1v) is 6.62. The Labute approximate surface area is 114 Å². The van der Waals surface area contributed by atoms with Crippen LogP contribution in [0.1, 0.15) is 11.3 Å². The van der Waals surface area contributed by atoms with Gasteiger partial charge in [0.05, 0.1) is 7.11 Å². The van der Waals surface area contributed by atoms with Crippen LogP contribution in [0.4, 0.5) is 0 Å². The quantitative estimate of drug-likeness (QED) is 0.773. The van der Waals surface area contributed by atoms with Crippen molar-refractivity contribution in [1.82, 2.24) is 10.3 Å². The van der Waals surface area contributed by atoms with E-state index in [1.807, 2.05) is 30.5 Å². The number of nitrogens with zero attached hydrogens (tertiary/aromatic N) is 1. The number of methoxy groups -OCH3 is 1. The zero-order valence-electron chi connectivity index (χ0n) is 11.3. The molecule has 0 radical (unpaired) electrons. The lowest BCUT2D eigenvalue weighted by Crippen LogP contribution is -2.20. The lowest BCUT2D eigenvalue weighted by atomic mass is 10.1. The first-order chi connectivity index (χ1) is 9.38. The Bertz CT molecular complexity index is 485. The summed E-state index contributed by atoms with van der Waals surface area (Å²) in [6, 6.07) is 14.2. The molecule has 0 spiro atoms. The van der Waals surface area contributed by atoms with Crippen LogP contribution in [0.3, 0.4) is 0 Å². The molecule has 0 unspecified atom stereocenters. The van der Waals surface area contributed by atoms with Gasteiger partial charge < -0.3 is 10.1 Å². The van der Waals surface area contributed by atoms with Gasteiger partial charge in [-0.05, 0) is 42.8 Å². The number of pyridine rings is 1. The molecule has 100 valence electrons. The van der Waals surface area contributed by atoms with Gasteiger partial charge in [0.15, 0.2) is 0 Å². The van der Waals surface area contributed by atoms with Gasteiger partial charge in [-0.25, -0.2) is 0 Å². The third-order valence-corrected chi connectivity index (χ3v) is 3.01. The predicted octanol–water partition coefficient (Wildman–Crippen LogP) is 2.47. The van der Waals surface area contributed by atoms with Gasteiger partial charge in [0.2, 0.25) is 0 Å². The van der Waals surface area contributed by atoms with Gasteiger partial charge in [-0.15, -0.1) is 0 Å². The summed E-state index contributed by atoms with van der Waals surface area (Å²) < 4.78 is 5.21. The molecule has 0 amide bonds. The molecule has 19 heavy (non-hydrogen) atoms. The molecule has 2 aromatic rings. The summed E-state index contributed by atoms with van der Waals surface area (Å²) in [5.74, 6) is 0.922. The van der Waals surface area contributed by atoms with Gasteiger partial charge in [-0.2, -0.15) is 0 Å². The highest BCUT2D eigenvalue weighted by atomic mass is 16.5. The standard InChI is InChI=1S/C16H20N2O/c1-19-16-7-4-5-14(13-16)8-11-17-12-9-15-6-2-3-10-18-15/h2-7,10,13,17H,8-9,11-12H2,1H3. The molecule has 1 aromatic carbocycles. The van der Waals surface area contributed by atoms with Gasteiger partial charge >= 0.3 is 0 Å². The molecule has 0 saturated carbocycles. The third-order valence-electron chi connectivity index (χ3n) is 3.01. The summed E-state index contributed by atoms with van der Waals surface area (Å²) in [6.45, 7) is 1.93. The van der Waals surface area contributed by atoms with Gasteiger partial charge in [0.25, 0.3) is 0 Å². The average molecular weight is 256 g/mol. The molecule has 1 heterocycles. The largest absolute Gasteiger partial charge is 0.497 e. The fraction of sp³-hybridized carbons (Fsp3) is 0.312. The first-order valence-electron chi connectivity index (χ1n) is 6.62. The number of hydrogen-bond acceptors (Lipinski definition) is 3. The van der Waals surface area contributed by atoms with Gasteiger partial charge in [0, 0.05) is 24.9 Å². The smallest absolute Gasteiger partial charge is 0.119 e. The second-order valence-corrected chi connectivity index (χ2v) is 4.42. The van der Waals surface area contributed by atoms with E-state index in [1.165, 1.54) is 5.56 Å². The van der Waals surface area contributed by atoms with Crippen LogP contribution >= 0.6 is 0 Å². The second-order valence-electron chi connectivity index (χ2n) is 4.42. The molecule has 3 heteroatoms. The molecule has 0 saturated heterocycles. The summed E-state index contributed by atoms with van der Waals surface area (Å²) in [5, 5.41) is 3.44. The minimum Gasteiger partial charge on any atom is -0.497 e. The monoisotopic (exact) mass is 256 g/mol. The van der Waals surface area contributed by atoms with Crippen molar-refractivity contribution in [3.8, 4) is 5.75 Å². The van der Waals surface area contributed by atoms with Crippen molar-refractivity contribution in [3.63, 3.8) is 0 Å². The highest BCUT2D eigenvalue weighted by Gasteiger charge is 1.96.